The van der Waals surface area contributed by atoms with E-state index >= 15 is 0 Å². The number of hydrogen-bond acceptors (Lipinski definition) is 3. The standard InChI is InChI=1S/C38H34O2S/c1-23-17-25(3)35(26(4)18-23)37(39)32-22-34(41-30-15-11-8-12-16-30)33(21-31(32)29-13-9-7-10-14-29)38(40)36-27(5)19-24(2)20-28(36)6/h7-22H,1-6H3. The molecule has 0 saturated heterocycles. The highest BCUT2D eigenvalue weighted by atomic mass is 32.2. The summed E-state index contributed by atoms with van der Waals surface area (Å²) < 4.78 is 0. The van der Waals surface area contributed by atoms with Crippen LogP contribution in [0.1, 0.15) is 65.2 Å². The quantitative estimate of drug-likeness (QED) is 0.188. The molecule has 0 heterocycles. The second kappa shape index (κ2) is 11.7. The van der Waals surface area contributed by atoms with Gasteiger partial charge in [-0.2, -0.15) is 0 Å². The van der Waals surface area contributed by atoms with E-state index in [2.05, 4.69) is 24.3 Å². The molecular weight excluding hydrogens is 520 g/mol. The van der Waals surface area contributed by atoms with Crippen LogP contribution >= 0.6 is 11.8 Å². The zero-order valence-electron chi connectivity index (χ0n) is 24.5. The average molecular weight is 555 g/mol. The van der Waals surface area contributed by atoms with Crippen LogP contribution in [0.5, 0.6) is 0 Å². The van der Waals surface area contributed by atoms with Gasteiger partial charge in [0.1, 0.15) is 0 Å². The number of carbonyl (C=O) groups is 2. The lowest BCUT2D eigenvalue weighted by atomic mass is 9.86. The molecule has 0 fully saturated rings. The molecule has 2 nitrogen and oxygen atoms in total. The summed E-state index contributed by atoms with van der Waals surface area (Å²) in [5, 5.41) is 0. The van der Waals surface area contributed by atoms with Crippen LogP contribution in [0.4, 0.5) is 0 Å². The van der Waals surface area contributed by atoms with E-state index in [0.717, 1.165) is 54.3 Å². The lowest BCUT2D eigenvalue weighted by Gasteiger charge is -2.19. The Balaban J connectivity index is 1.80. The van der Waals surface area contributed by atoms with Gasteiger partial charge in [0, 0.05) is 32.0 Å². The number of aryl methyl sites for hydroxylation is 6. The first-order valence-electron chi connectivity index (χ1n) is 13.9. The monoisotopic (exact) mass is 554 g/mol. The van der Waals surface area contributed by atoms with E-state index in [0.29, 0.717) is 22.3 Å². The Morgan fingerprint density at radius 3 is 1.44 bits per heavy atom. The van der Waals surface area contributed by atoms with Crippen molar-refractivity contribution in [3.63, 3.8) is 0 Å². The Bertz CT molecular complexity index is 1740. The van der Waals surface area contributed by atoms with Gasteiger partial charge in [-0.25, -0.2) is 0 Å². The molecule has 0 aliphatic heterocycles. The molecule has 5 rings (SSSR count). The minimum Gasteiger partial charge on any atom is -0.289 e. The Morgan fingerprint density at radius 1 is 0.512 bits per heavy atom. The molecule has 0 atom stereocenters. The molecule has 0 aromatic heterocycles. The fourth-order valence-corrected chi connectivity index (χ4v) is 6.83. The third-order valence-electron chi connectivity index (χ3n) is 7.47. The topological polar surface area (TPSA) is 34.1 Å². The molecule has 5 aromatic carbocycles. The van der Waals surface area contributed by atoms with E-state index in [1.807, 2.05) is 114 Å². The Kier molecular flexibility index (Phi) is 8.10. The predicted molar refractivity (Wildman–Crippen MR) is 171 cm³/mol. The van der Waals surface area contributed by atoms with Crippen molar-refractivity contribution < 1.29 is 9.59 Å². The summed E-state index contributed by atoms with van der Waals surface area (Å²) >= 11 is 1.52. The van der Waals surface area contributed by atoms with Gasteiger partial charge in [0.25, 0.3) is 0 Å². The van der Waals surface area contributed by atoms with E-state index in [1.54, 1.807) is 0 Å². The normalized spacial score (nSPS) is 11.0. The second-order valence-electron chi connectivity index (χ2n) is 10.9. The summed E-state index contributed by atoms with van der Waals surface area (Å²) in [6.45, 7) is 12.1. The maximum atomic E-state index is 14.4. The van der Waals surface area contributed by atoms with Gasteiger partial charge >= 0.3 is 0 Å². The molecule has 0 spiro atoms. The number of benzene rings is 5. The van der Waals surface area contributed by atoms with Gasteiger partial charge in [-0.3, -0.25) is 9.59 Å². The molecule has 204 valence electrons. The zero-order chi connectivity index (χ0) is 29.3. The van der Waals surface area contributed by atoms with Gasteiger partial charge in [-0.15, -0.1) is 0 Å². The van der Waals surface area contributed by atoms with E-state index in [-0.39, 0.29) is 11.6 Å². The van der Waals surface area contributed by atoms with Gasteiger partial charge in [0.2, 0.25) is 0 Å². The number of ketones is 2. The zero-order valence-corrected chi connectivity index (χ0v) is 25.3. The van der Waals surface area contributed by atoms with Gasteiger partial charge in [-0.1, -0.05) is 95.7 Å². The van der Waals surface area contributed by atoms with E-state index in [1.165, 1.54) is 11.8 Å². The average Bonchev–Trinajstić information content (AvgIpc) is 2.92. The first-order valence-corrected chi connectivity index (χ1v) is 14.7. The minimum absolute atomic E-state index is 0.0303. The van der Waals surface area contributed by atoms with Crippen molar-refractivity contribution in [2.24, 2.45) is 0 Å². The van der Waals surface area contributed by atoms with Gasteiger partial charge in [-0.05, 0) is 99.2 Å². The van der Waals surface area contributed by atoms with Crippen molar-refractivity contribution >= 4 is 23.3 Å². The summed E-state index contributed by atoms with van der Waals surface area (Å²) in [6.07, 6.45) is 0. The van der Waals surface area contributed by atoms with Crippen LogP contribution in [0.3, 0.4) is 0 Å². The molecule has 0 unspecified atom stereocenters. The van der Waals surface area contributed by atoms with Gasteiger partial charge in [0.05, 0.1) is 0 Å². The Hall–Kier alpha value is -4.21. The predicted octanol–water partition coefficient (Wildman–Crippen LogP) is 9.82. The summed E-state index contributed by atoms with van der Waals surface area (Å²) in [7, 11) is 0. The third-order valence-corrected chi connectivity index (χ3v) is 8.54. The third kappa shape index (κ3) is 5.82. The molecular formula is C38H34O2S. The first kappa shape index (κ1) is 28.3. The van der Waals surface area contributed by atoms with Crippen molar-refractivity contribution in [3.05, 3.63) is 153 Å². The Labute approximate surface area is 247 Å². The fraction of sp³-hybridized carbons (Fsp3) is 0.158. The van der Waals surface area contributed by atoms with Crippen molar-refractivity contribution in [3.8, 4) is 11.1 Å². The molecule has 5 aromatic rings. The summed E-state index contributed by atoms with van der Waals surface area (Å²) in [5.74, 6) is -0.0623. The van der Waals surface area contributed by atoms with Crippen LogP contribution in [0.25, 0.3) is 11.1 Å². The lowest BCUT2D eigenvalue weighted by Crippen LogP contribution is -2.13. The number of hydrogen-bond donors (Lipinski definition) is 0. The van der Waals surface area contributed by atoms with Crippen LogP contribution in [-0.4, -0.2) is 11.6 Å². The van der Waals surface area contributed by atoms with Gasteiger partial charge in [0.15, 0.2) is 11.6 Å². The van der Waals surface area contributed by atoms with Crippen LogP contribution < -0.4 is 0 Å². The van der Waals surface area contributed by atoms with Crippen LogP contribution in [-0.2, 0) is 0 Å². The SMILES string of the molecule is Cc1cc(C)c(C(=O)c2cc(-c3ccccc3)c(C(=O)c3c(C)cc(C)cc3C)cc2Sc2ccccc2)c(C)c1. The molecule has 0 N–H and O–H groups in total. The summed E-state index contributed by atoms with van der Waals surface area (Å²) in [5.41, 5.74) is 10.4. The maximum Gasteiger partial charge on any atom is 0.194 e. The largest absolute Gasteiger partial charge is 0.289 e. The number of rotatable bonds is 7. The smallest absolute Gasteiger partial charge is 0.194 e. The van der Waals surface area contributed by atoms with E-state index < -0.39 is 0 Å². The first-order chi connectivity index (χ1) is 19.6. The van der Waals surface area contributed by atoms with Crippen LogP contribution in [0, 0.1) is 41.5 Å². The minimum atomic E-state index is -0.0320. The molecule has 0 bridgehead atoms. The molecule has 3 heteroatoms. The van der Waals surface area contributed by atoms with Crippen LogP contribution in [0.2, 0.25) is 0 Å². The molecule has 0 amide bonds. The molecule has 0 aliphatic carbocycles. The Morgan fingerprint density at radius 2 is 0.951 bits per heavy atom. The van der Waals surface area contributed by atoms with Crippen molar-refractivity contribution in [2.75, 3.05) is 0 Å². The van der Waals surface area contributed by atoms with Gasteiger partial charge < -0.3 is 0 Å². The molecule has 0 saturated carbocycles. The van der Waals surface area contributed by atoms with Crippen LogP contribution in [0.15, 0.2) is 107 Å². The summed E-state index contributed by atoms with van der Waals surface area (Å²) in [4.78, 5) is 30.6. The van der Waals surface area contributed by atoms with Crippen molar-refractivity contribution in [2.45, 2.75) is 51.3 Å². The maximum absolute atomic E-state index is 14.4. The highest BCUT2D eigenvalue weighted by Gasteiger charge is 2.25. The second-order valence-corrected chi connectivity index (χ2v) is 12.0. The molecule has 41 heavy (non-hydrogen) atoms. The summed E-state index contributed by atoms with van der Waals surface area (Å²) in [6, 6.07) is 32.0. The highest BCUT2D eigenvalue weighted by Crippen LogP contribution is 2.39. The number of carbonyl (C=O) groups excluding carboxylic acids is 2. The van der Waals surface area contributed by atoms with E-state index in [9.17, 15) is 9.59 Å². The fourth-order valence-electron chi connectivity index (χ4n) is 5.85. The lowest BCUT2D eigenvalue weighted by molar-refractivity contribution is 0.102. The molecule has 0 aliphatic rings. The van der Waals surface area contributed by atoms with Crippen molar-refractivity contribution in [1.29, 1.82) is 0 Å². The van der Waals surface area contributed by atoms with E-state index in [4.69, 9.17) is 0 Å². The van der Waals surface area contributed by atoms with Crippen molar-refractivity contribution in [1.82, 2.24) is 0 Å². The highest BCUT2D eigenvalue weighted by molar-refractivity contribution is 7.99. The molecule has 0 radical (unpaired) electrons.